The van der Waals surface area contributed by atoms with Crippen LogP contribution in [0.1, 0.15) is 37.4 Å². The first-order valence-electron chi connectivity index (χ1n) is 8.37. The molecule has 2 heterocycles. The zero-order chi connectivity index (χ0) is 17.3. The molecule has 0 aliphatic carbocycles. The molecule has 0 saturated carbocycles. The molecule has 0 bridgehead atoms. The predicted molar refractivity (Wildman–Crippen MR) is 91.5 cm³/mol. The summed E-state index contributed by atoms with van der Waals surface area (Å²) in [5.74, 6) is -0.0512. The summed E-state index contributed by atoms with van der Waals surface area (Å²) in [5, 5.41) is 10.9. The lowest BCUT2D eigenvalue weighted by atomic mass is 9.72. The Morgan fingerprint density at radius 1 is 1.21 bits per heavy atom. The van der Waals surface area contributed by atoms with Crippen LogP contribution in [-0.4, -0.2) is 53.4 Å². The van der Waals surface area contributed by atoms with E-state index >= 15 is 0 Å². The molecule has 1 unspecified atom stereocenters. The standard InChI is InChI=1S/C18H23ClN2O3/c1-20-12-18(7-6-15(20)22)8-10-21(11-9-18)17(24)16(23)13-2-4-14(19)5-3-13/h2-5,16,23H,6-12H2,1H3. The van der Waals surface area contributed by atoms with Crippen LogP contribution in [0, 0.1) is 5.41 Å². The fourth-order valence-corrected chi connectivity index (χ4v) is 3.93. The number of carbonyl (C=O) groups excluding carboxylic acids is 2. The van der Waals surface area contributed by atoms with Gasteiger partial charge in [-0.25, -0.2) is 0 Å². The molecule has 2 fully saturated rings. The Hall–Kier alpha value is -1.59. The lowest BCUT2D eigenvalue weighted by Crippen LogP contribution is -2.51. The second-order valence-corrected chi connectivity index (χ2v) is 7.47. The quantitative estimate of drug-likeness (QED) is 0.889. The number of nitrogens with zero attached hydrogens (tertiary/aromatic N) is 2. The number of halogens is 1. The first kappa shape index (κ1) is 17.2. The van der Waals surface area contributed by atoms with Gasteiger partial charge in [-0.2, -0.15) is 0 Å². The third kappa shape index (κ3) is 3.42. The van der Waals surface area contributed by atoms with Gasteiger partial charge in [0.15, 0.2) is 6.10 Å². The average molecular weight is 351 g/mol. The van der Waals surface area contributed by atoms with Gasteiger partial charge in [0.05, 0.1) is 0 Å². The summed E-state index contributed by atoms with van der Waals surface area (Å²) in [5.41, 5.74) is 0.692. The normalized spacial score (nSPS) is 21.9. The molecule has 130 valence electrons. The number of carbonyl (C=O) groups is 2. The Labute approximate surface area is 147 Å². The summed E-state index contributed by atoms with van der Waals surface area (Å²) in [4.78, 5) is 27.8. The maximum absolute atomic E-state index is 12.5. The van der Waals surface area contributed by atoms with E-state index in [1.165, 1.54) is 0 Å². The number of hydrogen-bond donors (Lipinski definition) is 1. The fraction of sp³-hybridized carbons (Fsp3) is 0.556. The van der Waals surface area contributed by atoms with Crippen LogP contribution in [0.4, 0.5) is 0 Å². The first-order valence-corrected chi connectivity index (χ1v) is 8.74. The van der Waals surface area contributed by atoms with E-state index in [0.29, 0.717) is 30.1 Å². The number of aliphatic hydroxyl groups excluding tert-OH is 1. The largest absolute Gasteiger partial charge is 0.378 e. The van der Waals surface area contributed by atoms with E-state index in [4.69, 9.17) is 11.6 Å². The van der Waals surface area contributed by atoms with E-state index < -0.39 is 6.10 Å². The van der Waals surface area contributed by atoms with Gasteiger partial charge >= 0.3 is 0 Å². The van der Waals surface area contributed by atoms with Crippen molar-refractivity contribution in [1.29, 1.82) is 0 Å². The minimum atomic E-state index is -1.15. The third-order valence-corrected chi connectivity index (χ3v) is 5.67. The van der Waals surface area contributed by atoms with Gasteiger partial charge < -0.3 is 14.9 Å². The summed E-state index contributed by atoms with van der Waals surface area (Å²) in [6.45, 7) is 2.03. The summed E-state index contributed by atoms with van der Waals surface area (Å²) in [6, 6.07) is 6.71. The zero-order valence-electron chi connectivity index (χ0n) is 13.9. The highest BCUT2D eigenvalue weighted by atomic mass is 35.5. The maximum atomic E-state index is 12.5. The zero-order valence-corrected chi connectivity index (χ0v) is 14.6. The Morgan fingerprint density at radius 2 is 1.83 bits per heavy atom. The van der Waals surface area contributed by atoms with E-state index in [2.05, 4.69) is 0 Å². The van der Waals surface area contributed by atoms with Crippen LogP contribution in [0.5, 0.6) is 0 Å². The Morgan fingerprint density at radius 3 is 2.42 bits per heavy atom. The number of amides is 2. The van der Waals surface area contributed by atoms with Gasteiger partial charge in [0.25, 0.3) is 5.91 Å². The molecule has 2 aliphatic heterocycles. The monoisotopic (exact) mass is 350 g/mol. The molecule has 2 amide bonds. The summed E-state index contributed by atoms with van der Waals surface area (Å²) < 4.78 is 0. The topological polar surface area (TPSA) is 60.9 Å². The smallest absolute Gasteiger partial charge is 0.256 e. The van der Waals surface area contributed by atoms with Gasteiger partial charge in [0, 0.05) is 38.1 Å². The van der Waals surface area contributed by atoms with Crippen molar-refractivity contribution >= 4 is 23.4 Å². The van der Waals surface area contributed by atoms with Crippen LogP contribution in [0.25, 0.3) is 0 Å². The van der Waals surface area contributed by atoms with Crippen LogP contribution in [-0.2, 0) is 9.59 Å². The number of aliphatic hydroxyl groups is 1. The molecule has 24 heavy (non-hydrogen) atoms. The van der Waals surface area contributed by atoms with Crippen molar-refractivity contribution in [3.05, 3.63) is 34.9 Å². The number of hydrogen-bond acceptors (Lipinski definition) is 3. The van der Waals surface area contributed by atoms with Crippen LogP contribution in [0.2, 0.25) is 5.02 Å². The molecule has 1 spiro atoms. The minimum Gasteiger partial charge on any atom is -0.378 e. The highest BCUT2D eigenvalue weighted by Crippen LogP contribution is 2.40. The van der Waals surface area contributed by atoms with Crippen molar-refractivity contribution in [2.45, 2.75) is 31.8 Å². The molecule has 6 heteroatoms. The van der Waals surface area contributed by atoms with Crippen molar-refractivity contribution in [1.82, 2.24) is 9.80 Å². The Bertz CT molecular complexity index is 624. The second kappa shape index (κ2) is 6.73. The van der Waals surface area contributed by atoms with Gasteiger partial charge in [-0.05, 0) is 42.4 Å². The van der Waals surface area contributed by atoms with Crippen LogP contribution < -0.4 is 0 Å². The van der Waals surface area contributed by atoms with Crippen LogP contribution >= 0.6 is 11.6 Å². The lowest BCUT2D eigenvalue weighted by molar-refractivity contribution is -0.146. The fourth-order valence-electron chi connectivity index (χ4n) is 3.80. The minimum absolute atomic E-state index is 0.130. The summed E-state index contributed by atoms with van der Waals surface area (Å²) in [7, 11) is 1.85. The second-order valence-electron chi connectivity index (χ2n) is 7.03. The van der Waals surface area contributed by atoms with Gasteiger partial charge in [0.1, 0.15) is 0 Å². The number of likely N-dealkylation sites (tertiary alicyclic amines) is 2. The summed E-state index contributed by atoms with van der Waals surface area (Å²) >= 11 is 5.84. The number of rotatable bonds is 2. The SMILES string of the molecule is CN1CC2(CCC1=O)CCN(C(=O)C(O)c1ccc(Cl)cc1)CC2. The first-order chi connectivity index (χ1) is 11.4. The van der Waals surface area contributed by atoms with Crippen molar-refractivity contribution < 1.29 is 14.7 Å². The van der Waals surface area contributed by atoms with Gasteiger partial charge in [0.2, 0.25) is 5.91 Å². The molecule has 2 aliphatic rings. The van der Waals surface area contributed by atoms with E-state index in [1.807, 2.05) is 11.9 Å². The Balaban J connectivity index is 1.61. The number of benzene rings is 1. The van der Waals surface area contributed by atoms with E-state index in [-0.39, 0.29) is 17.2 Å². The molecule has 0 aromatic heterocycles. The van der Waals surface area contributed by atoms with Gasteiger partial charge in [-0.1, -0.05) is 23.7 Å². The molecular formula is C18H23ClN2O3. The highest BCUT2D eigenvalue weighted by molar-refractivity contribution is 6.30. The molecule has 0 radical (unpaired) electrons. The van der Waals surface area contributed by atoms with Crippen molar-refractivity contribution in [2.24, 2.45) is 5.41 Å². The van der Waals surface area contributed by atoms with Gasteiger partial charge in [-0.15, -0.1) is 0 Å². The number of piperidine rings is 2. The maximum Gasteiger partial charge on any atom is 0.256 e. The summed E-state index contributed by atoms with van der Waals surface area (Å²) in [6.07, 6.45) is 2.11. The van der Waals surface area contributed by atoms with E-state index in [1.54, 1.807) is 29.2 Å². The van der Waals surface area contributed by atoms with Crippen molar-refractivity contribution in [3.8, 4) is 0 Å². The third-order valence-electron chi connectivity index (χ3n) is 5.42. The van der Waals surface area contributed by atoms with Crippen molar-refractivity contribution in [3.63, 3.8) is 0 Å². The lowest BCUT2D eigenvalue weighted by Gasteiger charge is -2.46. The Kier molecular flexibility index (Phi) is 4.83. The molecule has 1 aromatic rings. The molecule has 1 atom stereocenters. The average Bonchev–Trinajstić information content (AvgIpc) is 2.59. The van der Waals surface area contributed by atoms with Crippen LogP contribution in [0.15, 0.2) is 24.3 Å². The molecule has 5 nitrogen and oxygen atoms in total. The molecule has 2 saturated heterocycles. The van der Waals surface area contributed by atoms with Crippen molar-refractivity contribution in [2.75, 3.05) is 26.7 Å². The highest BCUT2D eigenvalue weighted by Gasteiger charge is 2.41. The van der Waals surface area contributed by atoms with E-state index in [0.717, 1.165) is 25.8 Å². The molecule has 1 N–H and O–H groups in total. The van der Waals surface area contributed by atoms with E-state index in [9.17, 15) is 14.7 Å². The van der Waals surface area contributed by atoms with Crippen LogP contribution in [0.3, 0.4) is 0 Å². The van der Waals surface area contributed by atoms with Gasteiger partial charge in [-0.3, -0.25) is 9.59 Å². The molecule has 3 rings (SSSR count). The molecular weight excluding hydrogens is 328 g/mol. The predicted octanol–water partition coefficient (Wildman–Crippen LogP) is 2.23. The molecule has 1 aromatic carbocycles.